The first-order valence-electron chi connectivity index (χ1n) is 12.8. The average Bonchev–Trinajstić information content (AvgIpc) is 3.52. The number of sulfonamides is 1. The maximum atomic E-state index is 12.9. The number of benzene rings is 1. The van der Waals surface area contributed by atoms with Gasteiger partial charge < -0.3 is 19.6 Å². The molecule has 39 heavy (non-hydrogen) atoms. The van der Waals surface area contributed by atoms with Crippen molar-refractivity contribution < 1.29 is 22.7 Å². The van der Waals surface area contributed by atoms with Gasteiger partial charge in [0.1, 0.15) is 12.5 Å². The molecule has 0 aliphatic carbocycles. The normalized spacial score (nSPS) is 15.3. The second kappa shape index (κ2) is 10.8. The van der Waals surface area contributed by atoms with E-state index in [1.807, 2.05) is 40.0 Å². The highest BCUT2D eigenvalue weighted by atomic mass is 32.2. The minimum atomic E-state index is -3.65. The third-order valence-corrected chi connectivity index (χ3v) is 8.42. The van der Waals surface area contributed by atoms with Gasteiger partial charge in [0, 0.05) is 54.8 Å². The van der Waals surface area contributed by atoms with Crippen LogP contribution in [0.1, 0.15) is 32.6 Å². The molecule has 12 nitrogen and oxygen atoms in total. The summed E-state index contributed by atoms with van der Waals surface area (Å²) in [7, 11) is -3.65. The van der Waals surface area contributed by atoms with Crippen LogP contribution in [-0.4, -0.2) is 69.7 Å². The predicted molar refractivity (Wildman–Crippen MR) is 144 cm³/mol. The van der Waals surface area contributed by atoms with Gasteiger partial charge in [-0.1, -0.05) is 0 Å². The van der Waals surface area contributed by atoms with Crippen molar-refractivity contribution in [3.8, 4) is 16.9 Å². The van der Waals surface area contributed by atoms with Crippen molar-refractivity contribution in [3.05, 3.63) is 48.4 Å². The first kappa shape index (κ1) is 26.8. The van der Waals surface area contributed by atoms with Crippen LogP contribution in [0.5, 0.6) is 5.75 Å². The van der Waals surface area contributed by atoms with Crippen LogP contribution in [-0.2, 0) is 19.6 Å². The van der Waals surface area contributed by atoms with Crippen LogP contribution in [0.4, 0.5) is 11.6 Å². The Kier molecular flexibility index (Phi) is 7.38. The lowest BCUT2D eigenvalue weighted by Gasteiger charge is -2.34. The minimum absolute atomic E-state index is 0.181. The summed E-state index contributed by atoms with van der Waals surface area (Å²) in [4.78, 5) is 15.7. The van der Waals surface area contributed by atoms with Crippen LogP contribution in [0.15, 0.2) is 47.8 Å². The molecule has 0 bridgehead atoms. The van der Waals surface area contributed by atoms with E-state index in [1.165, 1.54) is 4.31 Å². The van der Waals surface area contributed by atoms with Gasteiger partial charge in [-0.3, -0.25) is 0 Å². The van der Waals surface area contributed by atoms with Crippen LogP contribution in [0.25, 0.3) is 16.8 Å². The molecular weight excluding hydrogens is 522 g/mol. The van der Waals surface area contributed by atoms with Crippen LogP contribution in [0, 0.1) is 12.8 Å². The number of pyridine rings is 1. The molecule has 0 amide bonds. The fourth-order valence-corrected chi connectivity index (χ4v) is 6.08. The molecule has 1 atom stereocenters. The van der Waals surface area contributed by atoms with Crippen molar-refractivity contribution in [1.82, 2.24) is 28.7 Å². The van der Waals surface area contributed by atoms with E-state index in [0.29, 0.717) is 41.8 Å². The summed E-state index contributed by atoms with van der Waals surface area (Å²) in [5, 5.41) is 12.2. The van der Waals surface area contributed by atoms with E-state index in [4.69, 9.17) is 9.47 Å². The maximum absolute atomic E-state index is 12.9. The number of hydrogen-bond acceptors (Lipinski definition) is 9. The zero-order valence-corrected chi connectivity index (χ0v) is 23.1. The lowest BCUT2D eigenvalue weighted by molar-refractivity contribution is -0.113. The molecule has 5 rings (SSSR count). The van der Waals surface area contributed by atoms with Crippen molar-refractivity contribution in [3.63, 3.8) is 0 Å². The maximum Gasteiger partial charge on any atom is 0.247 e. The van der Waals surface area contributed by atoms with Gasteiger partial charge >= 0.3 is 0 Å². The molecule has 1 aliphatic rings. The van der Waals surface area contributed by atoms with E-state index in [1.54, 1.807) is 39.8 Å². The second-order valence-corrected chi connectivity index (χ2v) is 11.2. The van der Waals surface area contributed by atoms with Crippen molar-refractivity contribution in [2.45, 2.75) is 38.8 Å². The number of anilines is 2. The van der Waals surface area contributed by atoms with Crippen LogP contribution in [0.2, 0.25) is 0 Å². The summed E-state index contributed by atoms with van der Waals surface area (Å²) in [5.74, 6) is 0.675. The number of hydrogen-bond donors (Lipinski definition) is 1. The van der Waals surface area contributed by atoms with Crippen LogP contribution >= 0.6 is 0 Å². The molecule has 3 aromatic heterocycles. The summed E-state index contributed by atoms with van der Waals surface area (Å²) in [5.41, 5.74) is 3.60. The standard InChI is InChI=1S/C26H31N7O5S/c1-5-37-18(4)33-15-20(12-27-33)22-9-10-32-25(24(22)38-6-2)29-26(30-32)28-23-8-7-21(11-17(23)3)39(35,36)31-13-19(14-31)16-34/h7-12,15-16,18-19H,5-6,13-14H2,1-4H3,(H,28,30). The summed E-state index contributed by atoms with van der Waals surface area (Å²) < 4.78 is 42.1. The first-order chi connectivity index (χ1) is 18.7. The van der Waals surface area contributed by atoms with Gasteiger partial charge in [0.15, 0.2) is 11.4 Å². The van der Waals surface area contributed by atoms with Gasteiger partial charge in [-0.2, -0.15) is 14.4 Å². The summed E-state index contributed by atoms with van der Waals surface area (Å²) >= 11 is 0. The SMILES string of the molecule is CCOc1c(-c2cnn(C(C)OCC)c2)ccn2nc(Nc3ccc(S(=O)(=O)N4CC(C=O)C4)cc3C)nc12. The van der Waals surface area contributed by atoms with Crippen molar-refractivity contribution in [2.75, 3.05) is 31.6 Å². The van der Waals surface area contributed by atoms with Crippen molar-refractivity contribution >= 4 is 33.6 Å². The molecule has 1 fully saturated rings. The summed E-state index contributed by atoms with van der Waals surface area (Å²) in [6, 6.07) is 6.73. The third kappa shape index (κ3) is 5.12. The Labute approximate surface area is 226 Å². The lowest BCUT2D eigenvalue weighted by Crippen LogP contribution is -2.50. The van der Waals surface area contributed by atoms with Crippen molar-refractivity contribution in [2.24, 2.45) is 5.92 Å². The third-order valence-electron chi connectivity index (χ3n) is 6.59. The van der Waals surface area contributed by atoms with E-state index < -0.39 is 10.0 Å². The molecule has 0 spiro atoms. The highest BCUT2D eigenvalue weighted by molar-refractivity contribution is 7.89. The van der Waals surface area contributed by atoms with E-state index in [9.17, 15) is 13.2 Å². The quantitative estimate of drug-likeness (QED) is 0.277. The number of fused-ring (bicyclic) bond motifs is 1. The number of aromatic nitrogens is 5. The van der Waals surface area contributed by atoms with E-state index in [-0.39, 0.29) is 30.1 Å². The highest BCUT2D eigenvalue weighted by Crippen LogP contribution is 2.34. The monoisotopic (exact) mass is 553 g/mol. The number of aryl methyl sites for hydroxylation is 1. The molecule has 1 unspecified atom stereocenters. The zero-order valence-electron chi connectivity index (χ0n) is 22.2. The number of aldehydes is 1. The molecule has 4 heterocycles. The molecule has 0 radical (unpaired) electrons. The van der Waals surface area contributed by atoms with Gasteiger partial charge in [-0.25, -0.2) is 17.6 Å². The van der Waals surface area contributed by atoms with Gasteiger partial charge in [0.05, 0.1) is 17.7 Å². The fraction of sp³-hybridized carbons (Fsp3) is 0.385. The van der Waals surface area contributed by atoms with E-state index in [0.717, 1.165) is 17.4 Å². The molecule has 1 aromatic carbocycles. The second-order valence-electron chi connectivity index (χ2n) is 9.28. The average molecular weight is 554 g/mol. The Morgan fingerprint density at radius 2 is 2.00 bits per heavy atom. The molecule has 206 valence electrons. The number of rotatable bonds is 11. The van der Waals surface area contributed by atoms with Gasteiger partial charge in [-0.05, 0) is 57.5 Å². The molecule has 0 saturated carbocycles. The van der Waals surface area contributed by atoms with Crippen LogP contribution < -0.4 is 10.1 Å². The highest BCUT2D eigenvalue weighted by Gasteiger charge is 2.36. The molecular formula is C26H31N7O5S. The Morgan fingerprint density at radius 3 is 2.69 bits per heavy atom. The Morgan fingerprint density at radius 1 is 1.21 bits per heavy atom. The lowest BCUT2D eigenvalue weighted by atomic mass is 10.1. The number of carbonyl (C=O) groups excluding carboxylic acids is 1. The zero-order chi connectivity index (χ0) is 27.7. The van der Waals surface area contributed by atoms with Crippen molar-refractivity contribution in [1.29, 1.82) is 0 Å². The first-order valence-corrected chi connectivity index (χ1v) is 14.2. The molecule has 1 saturated heterocycles. The minimum Gasteiger partial charge on any atom is -0.489 e. The largest absolute Gasteiger partial charge is 0.489 e. The van der Waals surface area contributed by atoms with Crippen LogP contribution in [0.3, 0.4) is 0 Å². The van der Waals surface area contributed by atoms with E-state index >= 15 is 0 Å². The number of nitrogens with one attached hydrogen (secondary N) is 1. The van der Waals surface area contributed by atoms with Gasteiger partial charge in [0.2, 0.25) is 16.0 Å². The molecule has 1 N–H and O–H groups in total. The fourth-order valence-electron chi connectivity index (χ4n) is 4.44. The summed E-state index contributed by atoms with van der Waals surface area (Å²) in [6.07, 6.45) is 6.06. The predicted octanol–water partition coefficient (Wildman–Crippen LogP) is 3.42. The Hall–Kier alpha value is -3.81. The van der Waals surface area contributed by atoms with Gasteiger partial charge in [-0.15, -0.1) is 5.10 Å². The Balaban J connectivity index is 1.42. The van der Waals surface area contributed by atoms with Gasteiger partial charge in [0.25, 0.3) is 0 Å². The number of nitrogens with zero attached hydrogens (tertiary/aromatic N) is 6. The Bertz CT molecular complexity index is 1610. The smallest absolute Gasteiger partial charge is 0.247 e. The molecule has 4 aromatic rings. The van der Waals surface area contributed by atoms with E-state index in [2.05, 4.69) is 20.5 Å². The number of carbonyl (C=O) groups is 1. The molecule has 13 heteroatoms. The summed E-state index contributed by atoms with van der Waals surface area (Å²) in [6.45, 7) is 9.04. The molecule has 1 aliphatic heterocycles. The number of ether oxygens (including phenoxy) is 2. The topological polar surface area (TPSA) is 133 Å².